The average molecular weight is 256 g/mol. The van der Waals surface area contributed by atoms with Crippen LogP contribution in [0, 0.1) is 10.1 Å². The number of rotatable bonds is 2. The van der Waals surface area contributed by atoms with Crippen LogP contribution in [-0.2, 0) is 6.18 Å². The largest absolute Gasteiger partial charge is 0.416 e. The van der Waals surface area contributed by atoms with Crippen molar-refractivity contribution >= 4 is 17.0 Å². The number of fused-ring (bicyclic) bond motifs is 1. The first kappa shape index (κ1) is 12.2. The minimum atomic E-state index is -4.41. The highest BCUT2D eigenvalue weighted by atomic mass is 19.4. The third-order valence-corrected chi connectivity index (χ3v) is 2.42. The third-order valence-electron chi connectivity index (χ3n) is 2.42. The third kappa shape index (κ3) is 2.34. The van der Waals surface area contributed by atoms with Gasteiger partial charge in [-0.25, -0.2) is 0 Å². The molecule has 4 nitrogen and oxygen atoms in total. The Morgan fingerprint density at radius 1 is 1.33 bits per heavy atom. The first-order valence-electron chi connectivity index (χ1n) is 4.88. The first-order valence-corrected chi connectivity index (χ1v) is 4.88. The molecule has 0 aliphatic rings. The summed E-state index contributed by atoms with van der Waals surface area (Å²) in [6.45, 7) is 0. The number of nitro groups is 1. The molecule has 0 aliphatic heterocycles. The molecule has 0 atom stereocenters. The molecule has 94 valence electrons. The second kappa shape index (κ2) is 4.17. The molecular weight excluding hydrogens is 249 g/mol. The van der Waals surface area contributed by atoms with Gasteiger partial charge < -0.3 is 4.98 Å². The van der Waals surface area contributed by atoms with Gasteiger partial charge in [-0.05, 0) is 12.1 Å². The molecule has 0 spiro atoms. The van der Waals surface area contributed by atoms with E-state index in [4.69, 9.17) is 0 Å². The molecule has 0 radical (unpaired) electrons. The molecule has 0 fully saturated rings. The fraction of sp³-hybridized carbons (Fsp3) is 0.0909. The smallest absolute Gasteiger partial charge is 0.361 e. The zero-order valence-corrected chi connectivity index (χ0v) is 8.86. The van der Waals surface area contributed by atoms with Crippen LogP contribution in [0.1, 0.15) is 11.1 Å². The Balaban J connectivity index is 2.47. The fourth-order valence-corrected chi connectivity index (χ4v) is 1.60. The van der Waals surface area contributed by atoms with Crippen LogP contribution in [0.25, 0.3) is 17.0 Å². The Labute approximate surface area is 98.9 Å². The Morgan fingerprint density at radius 2 is 2.06 bits per heavy atom. The summed E-state index contributed by atoms with van der Waals surface area (Å²) in [5, 5.41) is 10.7. The van der Waals surface area contributed by atoms with Gasteiger partial charge in [0.25, 0.3) is 0 Å². The van der Waals surface area contributed by atoms with Crippen LogP contribution in [0.4, 0.5) is 13.2 Å². The molecule has 0 aliphatic carbocycles. The van der Waals surface area contributed by atoms with E-state index < -0.39 is 16.7 Å². The molecule has 0 saturated carbocycles. The van der Waals surface area contributed by atoms with Gasteiger partial charge in [-0.3, -0.25) is 10.1 Å². The topological polar surface area (TPSA) is 58.9 Å². The van der Waals surface area contributed by atoms with Gasteiger partial charge in [-0.15, -0.1) is 0 Å². The standard InChI is InChI=1S/C11H7F3N2O2/c12-11(13,14)8-1-2-9-7(3-4-16(17)18)6-15-10(9)5-8/h1-6,15H. The lowest BCUT2D eigenvalue weighted by Crippen LogP contribution is -2.04. The molecule has 1 N–H and O–H groups in total. The number of nitrogens with zero attached hydrogens (tertiary/aromatic N) is 1. The van der Waals surface area contributed by atoms with Crippen LogP contribution in [0.2, 0.25) is 0 Å². The van der Waals surface area contributed by atoms with Crippen LogP contribution < -0.4 is 0 Å². The van der Waals surface area contributed by atoms with E-state index in [1.807, 2.05) is 0 Å². The molecule has 1 aromatic carbocycles. The van der Waals surface area contributed by atoms with E-state index in [0.29, 0.717) is 10.9 Å². The average Bonchev–Trinajstić information content (AvgIpc) is 2.67. The number of hydrogen-bond donors (Lipinski definition) is 1. The van der Waals surface area contributed by atoms with Crippen molar-refractivity contribution < 1.29 is 18.1 Å². The van der Waals surface area contributed by atoms with Gasteiger partial charge >= 0.3 is 6.18 Å². The zero-order chi connectivity index (χ0) is 13.3. The van der Waals surface area contributed by atoms with E-state index in [-0.39, 0.29) is 5.52 Å². The SMILES string of the molecule is O=[N+]([O-])C=Cc1c[nH]c2cc(C(F)(F)F)ccc12. The molecule has 1 aromatic heterocycles. The predicted molar refractivity (Wildman–Crippen MR) is 59.3 cm³/mol. The van der Waals surface area contributed by atoms with E-state index in [0.717, 1.165) is 18.3 Å². The first-order chi connectivity index (χ1) is 8.38. The summed E-state index contributed by atoms with van der Waals surface area (Å²) in [6.07, 6.45) is -1.02. The minimum Gasteiger partial charge on any atom is -0.361 e. The van der Waals surface area contributed by atoms with Crippen LogP contribution >= 0.6 is 0 Å². The summed E-state index contributed by atoms with van der Waals surface area (Å²) in [4.78, 5) is 12.2. The maximum Gasteiger partial charge on any atom is 0.416 e. The number of aromatic nitrogens is 1. The van der Waals surface area contributed by atoms with Crippen molar-refractivity contribution in [2.24, 2.45) is 0 Å². The second-order valence-corrected chi connectivity index (χ2v) is 3.60. The lowest BCUT2D eigenvalue weighted by atomic mass is 10.1. The zero-order valence-electron chi connectivity index (χ0n) is 8.86. The second-order valence-electron chi connectivity index (χ2n) is 3.60. The summed E-state index contributed by atoms with van der Waals surface area (Å²) in [7, 11) is 0. The highest BCUT2D eigenvalue weighted by molar-refractivity contribution is 5.89. The monoisotopic (exact) mass is 256 g/mol. The molecule has 18 heavy (non-hydrogen) atoms. The number of aromatic amines is 1. The van der Waals surface area contributed by atoms with E-state index >= 15 is 0 Å². The number of H-pyrrole nitrogens is 1. The lowest BCUT2D eigenvalue weighted by Gasteiger charge is -2.05. The highest BCUT2D eigenvalue weighted by Gasteiger charge is 2.30. The Hall–Kier alpha value is -2.31. The van der Waals surface area contributed by atoms with Crippen molar-refractivity contribution in [2.45, 2.75) is 6.18 Å². The van der Waals surface area contributed by atoms with Gasteiger partial charge in [0.1, 0.15) is 0 Å². The van der Waals surface area contributed by atoms with Gasteiger partial charge in [0, 0.05) is 28.7 Å². The van der Waals surface area contributed by atoms with Crippen LogP contribution in [0.5, 0.6) is 0 Å². The van der Waals surface area contributed by atoms with Gasteiger partial charge in [0.15, 0.2) is 0 Å². The van der Waals surface area contributed by atoms with Crippen molar-refractivity contribution in [3.63, 3.8) is 0 Å². The van der Waals surface area contributed by atoms with Crippen LogP contribution in [-0.4, -0.2) is 9.91 Å². The molecule has 0 amide bonds. The summed E-state index contributed by atoms with van der Waals surface area (Å²) >= 11 is 0. The molecule has 2 aromatic rings. The minimum absolute atomic E-state index is 0.285. The fourth-order valence-electron chi connectivity index (χ4n) is 1.60. The summed E-state index contributed by atoms with van der Waals surface area (Å²) in [6, 6.07) is 3.20. The molecule has 1 heterocycles. The maximum absolute atomic E-state index is 12.5. The normalized spacial score (nSPS) is 12.4. The molecule has 7 heteroatoms. The van der Waals surface area contributed by atoms with E-state index in [9.17, 15) is 23.3 Å². The van der Waals surface area contributed by atoms with Crippen molar-refractivity contribution in [3.8, 4) is 0 Å². The van der Waals surface area contributed by atoms with Gasteiger partial charge in [-0.2, -0.15) is 13.2 Å². The molecule has 0 unspecified atom stereocenters. The predicted octanol–water partition coefficient (Wildman–Crippen LogP) is 3.43. The van der Waals surface area contributed by atoms with E-state index in [1.165, 1.54) is 18.3 Å². The van der Waals surface area contributed by atoms with Gasteiger partial charge in [-0.1, -0.05) is 6.07 Å². The number of benzene rings is 1. The molecule has 2 rings (SSSR count). The molecule has 0 saturated heterocycles. The number of alkyl halides is 3. The van der Waals surface area contributed by atoms with Gasteiger partial charge in [0.05, 0.1) is 10.5 Å². The molecular formula is C11H7F3N2O2. The Morgan fingerprint density at radius 3 is 2.67 bits per heavy atom. The quantitative estimate of drug-likeness (QED) is 0.661. The van der Waals surface area contributed by atoms with Crippen molar-refractivity contribution in [1.82, 2.24) is 4.98 Å². The summed E-state index contributed by atoms with van der Waals surface area (Å²) in [5.41, 5.74) is -0.00935. The number of halogens is 3. The number of hydrogen-bond acceptors (Lipinski definition) is 2. The van der Waals surface area contributed by atoms with Crippen molar-refractivity contribution in [3.05, 3.63) is 51.8 Å². The summed E-state index contributed by atoms with van der Waals surface area (Å²) in [5.74, 6) is 0. The summed E-state index contributed by atoms with van der Waals surface area (Å²) < 4.78 is 37.4. The van der Waals surface area contributed by atoms with E-state index in [2.05, 4.69) is 4.98 Å². The van der Waals surface area contributed by atoms with Crippen LogP contribution in [0.3, 0.4) is 0 Å². The Bertz CT molecular complexity index is 629. The van der Waals surface area contributed by atoms with Crippen molar-refractivity contribution in [2.75, 3.05) is 0 Å². The highest BCUT2D eigenvalue weighted by Crippen LogP contribution is 2.32. The maximum atomic E-state index is 12.5. The van der Waals surface area contributed by atoms with E-state index in [1.54, 1.807) is 0 Å². The molecule has 0 bridgehead atoms. The Kier molecular flexibility index (Phi) is 2.82. The van der Waals surface area contributed by atoms with Gasteiger partial charge in [0.2, 0.25) is 6.20 Å². The van der Waals surface area contributed by atoms with Crippen molar-refractivity contribution in [1.29, 1.82) is 0 Å². The van der Waals surface area contributed by atoms with Crippen LogP contribution in [0.15, 0.2) is 30.6 Å². The lowest BCUT2D eigenvalue weighted by molar-refractivity contribution is -0.400. The number of nitrogens with one attached hydrogen (secondary N) is 1.